The van der Waals surface area contributed by atoms with Crippen molar-refractivity contribution < 1.29 is 44.0 Å². The molecule has 190 valence electrons. The number of allylic oxidation sites excluding steroid dienone is 2. The summed E-state index contributed by atoms with van der Waals surface area (Å²) in [5.74, 6) is -9.68. The summed E-state index contributed by atoms with van der Waals surface area (Å²) < 4.78 is 15.2. The summed E-state index contributed by atoms with van der Waals surface area (Å²) in [6.07, 6.45) is -0.677. The van der Waals surface area contributed by atoms with Crippen molar-refractivity contribution in [2.45, 2.75) is 24.9 Å². The van der Waals surface area contributed by atoms with E-state index in [-0.39, 0.29) is 36.1 Å². The van der Waals surface area contributed by atoms with Gasteiger partial charge in [-0.3, -0.25) is 19.2 Å². The Hall–Kier alpha value is -4.51. The molecule has 2 amide bonds. The number of Topliss-reactive ketones (excluding diaryl/α,β-unsaturated/α-hetero) is 2. The molecule has 5 rings (SSSR count). The molecule has 7 N–H and O–H groups in total. The van der Waals surface area contributed by atoms with Gasteiger partial charge in [-0.05, 0) is 30.9 Å². The zero-order chi connectivity index (χ0) is 26.8. The van der Waals surface area contributed by atoms with E-state index in [0.717, 1.165) is 6.07 Å². The number of phenolic OH excluding ortho intramolecular Hbond substituents is 1. The number of anilines is 1. The number of nitrogens with one attached hydrogen (secondary N) is 1. The van der Waals surface area contributed by atoms with Crippen LogP contribution in [0.15, 0.2) is 59.1 Å². The first-order valence-electron chi connectivity index (χ1n) is 11.3. The van der Waals surface area contributed by atoms with Crippen LogP contribution >= 0.6 is 0 Å². The molecule has 0 bridgehead atoms. The number of nitrogens with two attached hydrogens (primary N) is 1. The van der Waals surface area contributed by atoms with Crippen LogP contribution in [-0.4, -0.2) is 49.4 Å². The van der Waals surface area contributed by atoms with Crippen LogP contribution in [0.1, 0.15) is 39.1 Å². The molecule has 3 atom stereocenters. The third-order valence-electron chi connectivity index (χ3n) is 7.29. The number of carbonyl (C=O) groups excluding carboxylic acids is 4. The van der Waals surface area contributed by atoms with E-state index in [4.69, 9.17) is 5.73 Å². The number of benzene rings is 2. The number of primary amides is 1. The average molecular weight is 508 g/mol. The first-order chi connectivity index (χ1) is 17.5. The van der Waals surface area contributed by atoms with Crippen molar-refractivity contribution >= 4 is 29.1 Å². The lowest BCUT2D eigenvalue weighted by Gasteiger charge is -2.45. The fourth-order valence-electron chi connectivity index (χ4n) is 5.52. The minimum Gasteiger partial charge on any atom is -0.511 e. The molecule has 1 unspecified atom stereocenters. The second-order valence-corrected chi connectivity index (χ2v) is 9.34. The van der Waals surface area contributed by atoms with E-state index in [9.17, 15) is 39.6 Å². The molecule has 10 nitrogen and oxygen atoms in total. The van der Waals surface area contributed by atoms with Crippen molar-refractivity contribution in [1.29, 1.82) is 0 Å². The number of hydrogen-bond acceptors (Lipinski definition) is 8. The fraction of sp³-hybridized carbons (Fsp3) is 0.231. The van der Waals surface area contributed by atoms with Crippen LogP contribution in [-0.2, 0) is 16.0 Å². The van der Waals surface area contributed by atoms with Gasteiger partial charge in [0.15, 0.2) is 17.1 Å². The van der Waals surface area contributed by atoms with Gasteiger partial charge in [0.1, 0.15) is 22.9 Å². The lowest BCUT2D eigenvalue weighted by molar-refractivity contribution is -0.144. The molecule has 0 spiro atoms. The largest absolute Gasteiger partial charge is 0.511 e. The molecule has 3 aliphatic rings. The number of rotatable bonds is 3. The highest BCUT2D eigenvalue weighted by molar-refractivity contribution is 6.24. The molecule has 0 aromatic heterocycles. The van der Waals surface area contributed by atoms with Crippen LogP contribution in [0, 0.1) is 17.7 Å². The van der Waals surface area contributed by atoms with E-state index in [1.165, 1.54) is 12.1 Å². The van der Waals surface area contributed by atoms with E-state index < -0.39 is 80.6 Å². The van der Waals surface area contributed by atoms with Gasteiger partial charge in [0, 0.05) is 35.1 Å². The molecule has 37 heavy (non-hydrogen) atoms. The fourth-order valence-corrected chi connectivity index (χ4v) is 5.52. The number of aliphatic hydroxyl groups is 3. The van der Waals surface area contributed by atoms with Crippen molar-refractivity contribution in [3.8, 4) is 5.75 Å². The average Bonchev–Trinajstić information content (AvgIpc) is 2.84. The lowest BCUT2D eigenvalue weighted by atomic mass is 9.60. The Labute approximate surface area is 208 Å². The smallest absolute Gasteiger partial charge is 0.255 e. The molecular formula is C26H21FN2O8. The minimum absolute atomic E-state index is 0.115. The number of halogens is 1. The van der Waals surface area contributed by atoms with Gasteiger partial charge in [-0.2, -0.15) is 0 Å². The first kappa shape index (κ1) is 24.2. The minimum atomic E-state index is -2.72. The highest BCUT2D eigenvalue weighted by Crippen LogP contribution is 2.52. The summed E-state index contributed by atoms with van der Waals surface area (Å²) in [7, 11) is 0. The summed E-state index contributed by atoms with van der Waals surface area (Å²) in [4.78, 5) is 50.7. The number of hydrogen-bond donors (Lipinski definition) is 6. The van der Waals surface area contributed by atoms with Crippen molar-refractivity contribution in [3.05, 3.63) is 81.6 Å². The molecule has 2 aromatic carbocycles. The van der Waals surface area contributed by atoms with E-state index in [1.807, 2.05) is 0 Å². The molecule has 3 aliphatic carbocycles. The van der Waals surface area contributed by atoms with E-state index in [2.05, 4.69) is 5.32 Å². The van der Waals surface area contributed by atoms with Crippen LogP contribution in [0.3, 0.4) is 0 Å². The summed E-state index contributed by atoms with van der Waals surface area (Å²) in [5, 5.41) is 45.7. The van der Waals surface area contributed by atoms with E-state index in [0.29, 0.717) is 0 Å². The SMILES string of the molecule is NC(=O)C1=C(O)C[C@@H]2CC3Cc4c(F)cc(NC(=O)c5ccccc5)c(O)c4C(=O)C3=C(O)[C@]2(O)C1=O. The number of ketones is 2. The molecule has 0 fully saturated rings. The van der Waals surface area contributed by atoms with Gasteiger partial charge in [-0.25, -0.2) is 4.39 Å². The lowest BCUT2D eigenvalue weighted by Crippen LogP contribution is -2.57. The number of amides is 2. The Kier molecular flexibility index (Phi) is 5.41. The van der Waals surface area contributed by atoms with Crippen LogP contribution in [0.2, 0.25) is 0 Å². The summed E-state index contributed by atoms with van der Waals surface area (Å²) >= 11 is 0. The number of phenols is 1. The third-order valence-corrected chi connectivity index (χ3v) is 7.29. The van der Waals surface area contributed by atoms with Crippen LogP contribution in [0.4, 0.5) is 10.1 Å². The standard InChI is InChI=1S/C26H21FN2O8/c27-14-9-15(29-25(36)10-4-2-1-3-5-10)20(31)18-13(14)7-11-6-12-8-16(30)19(24(28)35)23(34)26(12,37)22(33)17(11)21(18)32/h1-5,9,11-12,30-31,33,37H,6-8H2,(H2,28,35)(H,29,36)/t11?,12-,26-/m0/s1. The van der Waals surface area contributed by atoms with Gasteiger partial charge in [0.05, 0.1) is 11.3 Å². The second-order valence-electron chi connectivity index (χ2n) is 9.34. The van der Waals surface area contributed by atoms with Crippen molar-refractivity contribution in [2.24, 2.45) is 17.6 Å². The first-order valence-corrected chi connectivity index (χ1v) is 11.3. The number of fused-ring (bicyclic) bond motifs is 3. The Balaban J connectivity index is 1.60. The predicted octanol–water partition coefficient (Wildman–Crippen LogP) is 1.97. The highest BCUT2D eigenvalue weighted by Gasteiger charge is 2.59. The molecular weight excluding hydrogens is 487 g/mol. The Morgan fingerprint density at radius 3 is 2.41 bits per heavy atom. The number of aromatic hydroxyl groups is 1. The van der Waals surface area contributed by atoms with Crippen LogP contribution in [0.5, 0.6) is 5.75 Å². The number of carbonyl (C=O) groups is 4. The van der Waals surface area contributed by atoms with Crippen LogP contribution in [0.25, 0.3) is 0 Å². The zero-order valence-electron chi connectivity index (χ0n) is 19.1. The second kappa shape index (κ2) is 8.27. The topological polar surface area (TPSA) is 187 Å². The maximum absolute atomic E-state index is 15.2. The van der Waals surface area contributed by atoms with Gasteiger partial charge < -0.3 is 31.5 Å². The molecule has 0 saturated carbocycles. The van der Waals surface area contributed by atoms with Gasteiger partial charge >= 0.3 is 0 Å². The van der Waals surface area contributed by atoms with Gasteiger partial charge in [0.2, 0.25) is 5.78 Å². The maximum atomic E-state index is 15.2. The maximum Gasteiger partial charge on any atom is 0.255 e. The Morgan fingerprint density at radius 2 is 1.76 bits per heavy atom. The molecule has 0 aliphatic heterocycles. The van der Waals surface area contributed by atoms with E-state index in [1.54, 1.807) is 18.2 Å². The quantitative estimate of drug-likeness (QED) is 0.268. The Morgan fingerprint density at radius 1 is 1.08 bits per heavy atom. The van der Waals surface area contributed by atoms with E-state index >= 15 is 4.39 Å². The summed E-state index contributed by atoms with van der Waals surface area (Å²) in [6.45, 7) is 0. The monoisotopic (exact) mass is 508 g/mol. The normalized spacial score (nSPS) is 24.8. The highest BCUT2D eigenvalue weighted by atomic mass is 19.1. The van der Waals surface area contributed by atoms with Gasteiger partial charge in [-0.15, -0.1) is 0 Å². The number of aliphatic hydroxyl groups excluding tert-OH is 2. The molecule has 2 aromatic rings. The molecule has 0 heterocycles. The van der Waals surface area contributed by atoms with Crippen molar-refractivity contribution in [1.82, 2.24) is 0 Å². The predicted molar refractivity (Wildman–Crippen MR) is 125 cm³/mol. The summed E-state index contributed by atoms with van der Waals surface area (Å²) in [5.41, 5.74) is 0.280. The molecule has 0 radical (unpaired) electrons. The molecule has 0 saturated heterocycles. The van der Waals surface area contributed by atoms with Gasteiger partial charge in [-0.1, -0.05) is 18.2 Å². The van der Waals surface area contributed by atoms with Crippen molar-refractivity contribution in [3.63, 3.8) is 0 Å². The summed E-state index contributed by atoms with van der Waals surface area (Å²) in [6, 6.07) is 8.76. The Bertz CT molecular complexity index is 1480. The molecule has 11 heteroatoms. The third kappa shape index (κ3) is 3.42. The zero-order valence-corrected chi connectivity index (χ0v) is 19.1. The van der Waals surface area contributed by atoms with Crippen LogP contribution < -0.4 is 11.1 Å². The van der Waals surface area contributed by atoms with Gasteiger partial charge in [0.25, 0.3) is 11.8 Å². The van der Waals surface area contributed by atoms with Crippen molar-refractivity contribution in [2.75, 3.05) is 5.32 Å².